The van der Waals surface area contributed by atoms with Gasteiger partial charge in [0.05, 0.1) is 16.4 Å². The summed E-state index contributed by atoms with van der Waals surface area (Å²) in [6, 6.07) is 11.6. The third kappa shape index (κ3) is 3.51. The number of rotatable bonds is 4. The summed E-state index contributed by atoms with van der Waals surface area (Å²) in [5.74, 6) is 0.235. The van der Waals surface area contributed by atoms with Crippen molar-refractivity contribution < 1.29 is 13.2 Å². The summed E-state index contributed by atoms with van der Waals surface area (Å²) < 4.78 is 23.9. The lowest BCUT2D eigenvalue weighted by atomic mass is 10.1. The van der Waals surface area contributed by atoms with Crippen molar-refractivity contribution in [3.8, 4) is 0 Å². The van der Waals surface area contributed by atoms with Crippen LogP contribution in [0.1, 0.15) is 38.5 Å². The highest BCUT2D eigenvalue weighted by Crippen LogP contribution is 2.32. The van der Waals surface area contributed by atoms with Crippen molar-refractivity contribution in [3.63, 3.8) is 0 Å². The topological polar surface area (TPSA) is 54.5 Å². The lowest BCUT2D eigenvalue weighted by Crippen LogP contribution is -2.40. The number of benzene rings is 1. The van der Waals surface area contributed by atoms with Gasteiger partial charge in [0.25, 0.3) is 5.91 Å². The third-order valence-electron chi connectivity index (χ3n) is 5.06. The van der Waals surface area contributed by atoms with Crippen LogP contribution in [0.15, 0.2) is 36.4 Å². The van der Waals surface area contributed by atoms with Crippen LogP contribution in [0.2, 0.25) is 0 Å². The minimum atomic E-state index is -3.04. The zero-order valence-corrected chi connectivity index (χ0v) is 15.6. The van der Waals surface area contributed by atoms with E-state index in [1.165, 1.54) is 16.9 Å². The maximum atomic E-state index is 13.2. The van der Waals surface area contributed by atoms with Gasteiger partial charge in [-0.2, -0.15) is 0 Å². The van der Waals surface area contributed by atoms with Crippen LogP contribution in [0.3, 0.4) is 0 Å². The minimum absolute atomic E-state index is 0.0228. The molecule has 1 aromatic carbocycles. The van der Waals surface area contributed by atoms with Crippen molar-refractivity contribution in [1.82, 2.24) is 4.90 Å². The molecule has 0 N–H and O–H groups in total. The van der Waals surface area contributed by atoms with E-state index in [9.17, 15) is 13.2 Å². The minimum Gasteiger partial charge on any atom is -0.330 e. The second kappa shape index (κ2) is 6.57. The van der Waals surface area contributed by atoms with Gasteiger partial charge in [0.2, 0.25) is 0 Å². The molecule has 2 aromatic rings. The molecule has 1 atom stereocenters. The van der Waals surface area contributed by atoms with Crippen LogP contribution in [-0.4, -0.2) is 36.8 Å². The lowest BCUT2D eigenvalue weighted by Gasteiger charge is -2.28. The van der Waals surface area contributed by atoms with Crippen molar-refractivity contribution in [2.75, 3.05) is 11.5 Å². The van der Waals surface area contributed by atoms with Crippen LogP contribution in [0, 0.1) is 0 Å². The third-order valence-corrected chi connectivity index (χ3v) is 8.04. The second-order valence-electron chi connectivity index (χ2n) is 6.89. The molecule has 1 aromatic heterocycles. The summed E-state index contributed by atoms with van der Waals surface area (Å²) in [5, 5.41) is 0. The van der Waals surface area contributed by atoms with Crippen molar-refractivity contribution in [3.05, 3.63) is 57.3 Å². The molecule has 1 aliphatic heterocycles. The molecule has 1 aliphatic carbocycles. The molecule has 25 heavy (non-hydrogen) atoms. The number of sulfone groups is 1. The van der Waals surface area contributed by atoms with Crippen LogP contribution in [0.25, 0.3) is 0 Å². The first-order valence-corrected chi connectivity index (χ1v) is 11.3. The Morgan fingerprint density at radius 2 is 2.00 bits per heavy atom. The second-order valence-corrected chi connectivity index (χ2v) is 10.3. The fourth-order valence-electron chi connectivity index (χ4n) is 3.74. The van der Waals surface area contributed by atoms with Crippen LogP contribution < -0.4 is 0 Å². The fraction of sp³-hybridized carbons (Fsp3) is 0.421. The Balaban J connectivity index is 1.63. The van der Waals surface area contributed by atoms with E-state index >= 15 is 0 Å². The Morgan fingerprint density at radius 3 is 2.68 bits per heavy atom. The van der Waals surface area contributed by atoms with E-state index in [4.69, 9.17) is 0 Å². The van der Waals surface area contributed by atoms with Gasteiger partial charge in [-0.1, -0.05) is 30.3 Å². The Kier molecular flexibility index (Phi) is 4.41. The molecule has 0 spiro atoms. The first-order chi connectivity index (χ1) is 12.0. The average molecular weight is 376 g/mol. The molecule has 6 heteroatoms. The SMILES string of the molecule is O=C(c1cc2c(s1)CCC2)N(Cc1ccccc1)[C@@H]1CCS(=O)(=O)C1. The molecule has 1 amide bonds. The van der Waals surface area contributed by atoms with Crippen molar-refractivity contribution in [2.45, 2.75) is 38.3 Å². The van der Waals surface area contributed by atoms with E-state index in [0.717, 1.165) is 23.3 Å². The molecule has 0 unspecified atom stereocenters. The Hall–Kier alpha value is -1.66. The number of carbonyl (C=O) groups is 1. The normalized spacial score (nSPS) is 21.2. The Morgan fingerprint density at radius 1 is 1.20 bits per heavy atom. The molecular weight excluding hydrogens is 354 g/mol. The number of hydrogen-bond acceptors (Lipinski definition) is 4. The molecule has 4 rings (SSSR count). The molecule has 0 saturated carbocycles. The number of hydrogen-bond donors (Lipinski definition) is 0. The molecular formula is C19H21NO3S2. The van der Waals surface area contributed by atoms with Gasteiger partial charge < -0.3 is 4.90 Å². The fourth-order valence-corrected chi connectivity index (χ4v) is 6.68. The smallest absolute Gasteiger partial charge is 0.264 e. The lowest BCUT2D eigenvalue weighted by molar-refractivity contribution is 0.0686. The molecule has 4 nitrogen and oxygen atoms in total. The van der Waals surface area contributed by atoms with E-state index < -0.39 is 9.84 Å². The van der Waals surface area contributed by atoms with E-state index in [1.54, 1.807) is 16.2 Å². The molecule has 1 fully saturated rings. The van der Waals surface area contributed by atoms with Gasteiger partial charge in [-0.25, -0.2) is 8.42 Å². The van der Waals surface area contributed by atoms with Crippen LogP contribution >= 0.6 is 11.3 Å². The number of carbonyl (C=O) groups excluding carboxylic acids is 1. The first-order valence-electron chi connectivity index (χ1n) is 8.69. The van der Waals surface area contributed by atoms with Crippen LogP contribution in [0.5, 0.6) is 0 Å². The monoisotopic (exact) mass is 375 g/mol. The van der Waals surface area contributed by atoms with Gasteiger partial charge in [0.15, 0.2) is 9.84 Å². The van der Waals surface area contributed by atoms with E-state index in [2.05, 4.69) is 0 Å². The van der Waals surface area contributed by atoms with Gasteiger partial charge >= 0.3 is 0 Å². The summed E-state index contributed by atoms with van der Waals surface area (Å²) in [6.07, 6.45) is 3.82. The standard InChI is InChI=1S/C19H21NO3S2/c21-19(18-11-15-7-4-8-17(15)24-18)20(12-14-5-2-1-3-6-14)16-9-10-25(22,23)13-16/h1-3,5-6,11,16H,4,7-10,12-13H2/t16-/m1/s1. The summed E-state index contributed by atoms with van der Waals surface area (Å²) in [6.45, 7) is 0.461. The van der Waals surface area contributed by atoms with Gasteiger partial charge in [-0.15, -0.1) is 11.3 Å². The Bertz CT molecular complexity index is 865. The molecule has 2 aliphatic rings. The number of thiophene rings is 1. The summed E-state index contributed by atoms with van der Waals surface area (Å²) >= 11 is 1.59. The predicted octanol–water partition coefficient (Wildman–Crippen LogP) is 3.07. The van der Waals surface area contributed by atoms with Crippen molar-refractivity contribution >= 4 is 27.1 Å². The highest BCUT2D eigenvalue weighted by Gasteiger charge is 2.35. The highest BCUT2D eigenvalue weighted by atomic mass is 32.2. The van der Waals surface area contributed by atoms with E-state index in [0.29, 0.717) is 13.0 Å². The van der Waals surface area contributed by atoms with Gasteiger partial charge in [0.1, 0.15) is 0 Å². The maximum Gasteiger partial charge on any atom is 0.264 e. The van der Waals surface area contributed by atoms with Crippen molar-refractivity contribution in [2.24, 2.45) is 0 Å². The first kappa shape index (κ1) is 16.8. The van der Waals surface area contributed by atoms with Gasteiger partial charge in [0, 0.05) is 17.5 Å². The summed E-state index contributed by atoms with van der Waals surface area (Å²) in [4.78, 5) is 17.0. The molecule has 1 saturated heterocycles. The molecule has 2 heterocycles. The quantitative estimate of drug-likeness (QED) is 0.825. The molecule has 0 radical (unpaired) electrons. The van der Waals surface area contributed by atoms with Crippen LogP contribution in [-0.2, 0) is 29.2 Å². The summed E-state index contributed by atoms with van der Waals surface area (Å²) in [5.41, 5.74) is 2.33. The van der Waals surface area contributed by atoms with Crippen LogP contribution in [0.4, 0.5) is 0 Å². The van der Waals surface area contributed by atoms with Gasteiger partial charge in [-0.3, -0.25) is 4.79 Å². The zero-order valence-electron chi connectivity index (χ0n) is 14.0. The maximum absolute atomic E-state index is 13.2. The summed E-state index contributed by atoms with van der Waals surface area (Å²) in [7, 11) is -3.04. The number of fused-ring (bicyclic) bond motifs is 1. The average Bonchev–Trinajstić information content (AvgIpc) is 3.27. The van der Waals surface area contributed by atoms with E-state index in [1.807, 2.05) is 36.4 Å². The largest absolute Gasteiger partial charge is 0.330 e. The molecule has 132 valence electrons. The van der Waals surface area contributed by atoms with Crippen molar-refractivity contribution in [1.29, 1.82) is 0 Å². The predicted molar refractivity (Wildman–Crippen MR) is 99.7 cm³/mol. The zero-order chi connectivity index (χ0) is 17.4. The Labute approximate surface area is 152 Å². The number of amides is 1. The molecule has 0 bridgehead atoms. The number of nitrogens with zero attached hydrogens (tertiary/aromatic N) is 1. The highest BCUT2D eigenvalue weighted by molar-refractivity contribution is 7.91. The van der Waals surface area contributed by atoms with E-state index in [-0.39, 0.29) is 23.5 Å². The van der Waals surface area contributed by atoms with Gasteiger partial charge in [-0.05, 0) is 42.9 Å². The number of aryl methyl sites for hydroxylation is 2.